The third kappa shape index (κ3) is 3.07. The minimum Gasteiger partial charge on any atom is -0.377 e. The normalized spacial score (nSPS) is 19.5. The summed E-state index contributed by atoms with van der Waals surface area (Å²) < 4.78 is 5.25. The Morgan fingerprint density at radius 3 is 2.86 bits per heavy atom. The van der Waals surface area contributed by atoms with E-state index in [-0.39, 0.29) is 0 Å². The molecule has 0 aromatic carbocycles. The van der Waals surface area contributed by atoms with Gasteiger partial charge >= 0.3 is 0 Å². The average molecular weight is 194 g/mol. The molecule has 0 spiro atoms. The number of rotatable bonds is 2. The van der Waals surface area contributed by atoms with Crippen molar-refractivity contribution in [1.82, 2.24) is 0 Å². The Morgan fingerprint density at radius 1 is 1.57 bits per heavy atom. The molecule has 78 valence electrons. The molecule has 0 N–H and O–H groups in total. The summed E-state index contributed by atoms with van der Waals surface area (Å²) in [6.07, 6.45) is 3.97. The molecule has 0 unspecified atom stereocenters. The van der Waals surface area contributed by atoms with Crippen LogP contribution in [0, 0.1) is 0 Å². The fraction of sp³-hybridized carbons (Fsp3) is 0.636. The van der Waals surface area contributed by atoms with Crippen molar-refractivity contribution in [3.8, 4) is 0 Å². The van der Waals surface area contributed by atoms with Crippen molar-refractivity contribution in [2.75, 3.05) is 20.3 Å². The van der Waals surface area contributed by atoms with Crippen molar-refractivity contribution in [3.05, 3.63) is 11.6 Å². The minimum atomic E-state index is 0.690. The third-order valence-corrected chi connectivity index (χ3v) is 2.27. The Morgan fingerprint density at radius 2 is 2.36 bits per heavy atom. The molecule has 1 rings (SSSR count). The minimum absolute atomic E-state index is 0.690. The first-order valence-electron chi connectivity index (χ1n) is 5.06. The molecule has 14 heavy (non-hydrogen) atoms. The van der Waals surface area contributed by atoms with Gasteiger partial charge in [0, 0.05) is 12.8 Å². The maximum absolute atomic E-state index is 5.25. The Bertz CT molecular complexity index is 277. The van der Waals surface area contributed by atoms with E-state index in [2.05, 4.69) is 23.0 Å². The Labute approximate surface area is 85.6 Å². The molecule has 0 saturated carbocycles. The highest BCUT2D eigenvalue weighted by atomic mass is 16.5. The van der Waals surface area contributed by atoms with E-state index in [1.807, 2.05) is 6.92 Å². The van der Waals surface area contributed by atoms with E-state index in [0.717, 1.165) is 31.0 Å². The van der Waals surface area contributed by atoms with E-state index in [1.165, 1.54) is 5.57 Å². The van der Waals surface area contributed by atoms with Crippen LogP contribution in [0.25, 0.3) is 0 Å². The zero-order valence-corrected chi connectivity index (χ0v) is 9.21. The van der Waals surface area contributed by atoms with Crippen molar-refractivity contribution >= 4 is 11.5 Å². The lowest BCUT2D eigenvalue weighted by atomic mass is 10.1. The molecule has 3 heteroatoms. The van der Waals surface area contributed by atoms with Gasteiger partial charge in [-0.05, 0) is 25.3 Å². The number of nitrogens with zero attached hydrogens (tertiary/aromatic N) is 2. The van der Waals surface area contributed by atoms with Crippen LogP contribution >= 0.6 is 0 Å². The molecule has 0 saturated heterocycles. The highest BCUT2D eigenvalue weighted by Gasteiger charge is 2.09. The average Bonchev–Trinajstić information content (AvgIpc) is 2.26. The summed E-state index contributed by atoms with van der Waals surface area (Å²) in [5.74, 6) is 0.868. The molecule has 0 radical (unpaired) electrons. The lowest BCUT2D eigenvalue weighted by Gasteiger charge is -2.13. The maximum atomic E-state index is 5.25. The van der Waals surface area contributed by atoms with Gasteiger partial charge in [-0.3, -0.25) is 4.99 Å². The van der Waals surface area contributed by atoms with E-state index in [4.69, 9.17) is 4.74 Å². The highest BCUT2D eigenvalue weighted by molar-refractivity contribution is 6.06. The van der Waals surface area contributed by atoms with Gasteiger partial charge in [0.15, 0.2) is 0 Å². The van der Waals surface area contributed by atoms with Crippen LogP contribution in [0.5, 0.6) is 0 Å². The van der Waals surface area contributed by atoms with Crippen molar-refractivity contribution in [1.29, 1.82) is 0 Å². The molecule has 0 amide bonds. The molecule has 0 fully saturated rings. The molecule has 0 aromatic rings. The molecule has 0 bridgehead atoms. The molecule has 1 heterocycles. The smallest absolute Gasteiger partial charge is 0.149 e. The van der Waals surface area contributed by atoms with Crippen molar-refractivity contribution in [2.24, 2.45) is 9.98 Å². The van der Waals surface area contributed by atoms with Gasteiger partial charge in [-0.2, -0.15) is 0 Å². The standard InChI is InChI=1S/C11H18N2O/c1-4-9(2)13-11(12-3)10-5-7-14-8-6-10/h5H,4,6-8H2,1-3H3. The third-order valence-electron chi connectivity index (χ3n) is 2.27. The predicted octanol–water partition coefficient (Wildman–Crippen LogP) is 2.23. The second kappa shape index (κ2) is 5.70. The summed E-state index contributed by atoms with van der Waals surface area (Å²) >= 11 is 0. The van der Waals surface area contributed by atoms with Gasteiger partial charge in [-0.1, -0.05) is 13.0 Å². The quantitative estimate of drug-likeness (QED) is 0.490. The Kier molecular flexibility index (Phi) is 4.53. The first-order valence-corrected chi connectivity index (χ1v) is 5.06. The van der Waals surface area contributed by atoms with Crippen LogP contribution in [0.15, 0.2) is 21.6 Å². The van der Waals surface area contributed by atoms with Crippen LogP contribution in [-0.4, -0.2) is 31.8 Å². The number of hydrogen-bond donors (Lipinski definition) is 0. The summed E-state index contributed by atoms with van der Waals surface area (Å²) in [4.78, 5) is 8.68. The molecule has 1 aliphatic heterocycles. The maximum Gasteiger partial charge on any atom is 0.149 e. The van der Waals surface area contributed by atoms with Gasteiger partial charge in [-0.25, -0.2) is 4.99 Å². The molecular formula is C11H18N2O. The Balaban J connectivity index is 2.77. The van der Waals surface area contributed by atoms with Gasteiger partial charge in [-0.15, -0.1) is 0 Å². The SMILES string of the molecule is CCC(C)=NC(=NC)C1=CCOCC1. The molecular weight excluding hydrogens is 176 g/mol. The van der Waals surface area contributed by atoms with Crippen LogP contribution < -0.4 is 0 Å². The van der Waals surface area contributed by atoms with E-state index >= 15 is 0 Å². The second-order valence-electron chi connectivity index (χ2n) is 3.30. The van der Waals surface area contributed by atoms with Gasteiger partial charge in [0.1, 0.15) is 5.84 Å². The van der Waals surface area contributed by atoms with Crippen LogP contribution in [0.4, 0.5) is 0 Å². The van der Waals surface area contributed by atoms with E-state index in [1.54, 1.807) is 7.05 Å². The zero-order chi connectivity index (χ0) is 10.4. The van der Waals surface area contributed by atoms with Crippen molar-refractivity contribution < 1.29 is 4.74 Å². The molecule has 1 aliphatic rings. The van der Waals surface area contributed by atoms with Crippen LogP contribution in [0.2, 0.25) is 0 Å². The van der Waals surface area contributed by atoms with Gasteiger partial charge in [0.05, 0.1) is 13.2 Å². The van der Waals surface area contributed by atoms with Crippen molar-refractivity contribution in [3.63, 3.8) is 0 Å². The fourth-order valence-corrected chi connectivity index (χ4v) is 1.26. The summed E-state index contributed by atoms with van der Waals surface area (Å²) in [6.45, 7) is 5.61. The first-order chi connectivity index (χ1) is 6.77. The molecule has 0 aliphatic carbocycles. The summed E-state index contributed by atoms with van der Waals surface area (Å²) in [6, 6.07) is 0. The highest BCUT2D eigenvalue weighted by Crippen LogP contribution is 2.11. The van der Waals surface area contributed by atoms with E-state index in [9.17, 15) is 0 Å². The summed E-state index contributed by atoms with van der Waals surface area (Å²) in [5, 5.41) is 0. The van der Waals surface area contributed by atoms with Crippen LogP contribution in [0.3, 0.4) is 0 Å². The second-order valence-corrected chi connectivity index (χ2v) is 3.30. The van der Waals surface area contributed by atoms with Gasteiger partial charge < -0.3 is 4.74 Å². The first kappa shape index (κ1) is 11.1. The predicted molar refractivity (Wildman–Crippen MR) is 60.3 cm³/mol. The monoisotopic (exact) mass is 194 g/mol. The van der Waals surface area contributed by atoms with Gasteiger partial charge in [0.2, 0.25) is 0 Å². The van der Waals surface area contributed by atoms with E-state index in [0.29, 0.717) is 6.61 Å². The zero-order valence-electron chi connectivity index (χ0n) is 9.21. The topological polar surface area (TPSA) is 34.0 Å². The number of amidine groups is 1. The fourth-order valence-electron chi connectivity index (χ4n) is 1.26. The van der Waals surface area contributed by atoms with Crippen LogP contribution in [0.1, 0.15) is 26.7 Å². The van der Waals surface area contributed by atoms with Crippen LogP contribution in [-0.2, 0) is 4.74 Å². The molecule has 3 nitrogen and oxygen atoms in total. The summed E-state index contributed by atoms with van der Waals surface area (Å²) in [7, 11) is 1.79. The van der Waals surface area contributed by atoms with Gasteiger partial charge in [0.25, 0.3) is 0 Å². The number of ether oxygens (including phenoxy) is 1. The Hall–Kier alpha value is -0.960. The lowest BCUT2D eigenvalue weighted by Crippen LogP contribution is -2.12. The summed E-state index contributed by atoms with van der Waals surface area (Å²) in [5.41, 5.74) is 2.34. The lowest BCUT2D eigenvalue weighted by molar-refractivity contribution is 0.156. The van der Waals surface area contributed by atoms with E-state index < -0.39 is 0 Å². The largest absolute Gasteiger partial charge is 0.377 e. The number of aliphatic imine (C=N–C) groups is 2. The molecule has 0 aromatic heterocycles. The number of hydrogen-bond acceptors (Lipinski definition) is 2. The molecule has 0 atom stereocenters. The van der Waals surface area contributed by atoms with Crippen molar-refractivity contribution in [2.45, 2.75) is 26.7 Å².